The van der Waals surface area contributed by atoms with E-state index in [0.717, 1.165) is 38.8 Å². The Morgan fingerprint density at radius 1 is 1.18 bits per heavy atom. The molecule has 0 saturated carbocycles. The fraction of sp³-hybridized carbons (Fsp3) is 0.600. The number of methoxy groups -OCH3 is 1. The standard InChI is InChI=1S/C15H21F3N2O2/c1-22-13-11(20-8-4-2-3-5-9-20)7-6-10(12(13)19)14(21)15(16,17)18/h6-7,14,21H,2-5,8-9,19H2,1H3. The summed E-state index contributed by atoms with van der Waals surface area (Å²) in [5.74, 6) is 0.197. The van der Waals surface area contributed by atoms with E-state index in [4.69, 9.17) is 10.5 Å². The molecular formula is C15H21F3N2O2. The molecule has 0 radical (unpaired) electrons. The molecule has 1 aromatic carbocycles. The zero-order valence-corrected chi connectivity index (χ0v) is 12.5. The van der Waals surface area contributed by atoms with Gasteiger partial charge in [0.1, 0.15) is 0 Å². The number of ether oxygens (including phenoxy) is 1. The predicted molar refractivity (Wildman–Crippen MR) is 79.1 cm³/mol. The normalized spacial score (nSPS) is 18.0. The summed E-state index contributed by atoms with van der Waals surface area (Å²) in [4.78, 5) is 2.08. The summed E-state index contributed by atoms with van der Waals surface area (Å²) in [6.45, 7) is 1.63. The van der Waals surface area contributed by atoms with Crippen LogP contribution in [0.4, 0.5) is 24.5 Å². The highest BCUT2D eigenvalue weighted by Crippen LogP contribution is 2.43. The number of alkyl halides is 3. The first kappa shape index (κ1) is 16.7. The van der Waals surface area contributed by atoms with Crippen molar-refractivity contribution in [3.63, 3.8) is 0 Å². The van der Waals surface area contributed by atoms with Crippen LogP contribution in [0.2, 0.25) is 0 Å². The van der Waals surface area contributed by atoms with Gasteiger partial charge in [-0.3, -0.25) is 0 Å². The maximum Gasteiger partial charge on any atom is 0.418 e. The summed E-state index contributed by atoms with van der Waals surface area (Å²) < 4.78 is 43.3. The molecule has 1 aromatic rings. The van der Waals surface area contributed by atoms with Gasteiger partial charge in [-0.1, -0.05) is 18.9 Å². The molecule has 0 aliphatic carbocycles. The minimum absolute atomic E-state index is 0.158. The third-order valence-electron chi connectivity index (χ3n) is 3.96. The molecule has 1 aliphatic rings. The van der Waals surface area contributed by atoms with Crippen molar-refractivity contribution in [1.82, 2.24) is 0 Å². The van der Waals surface area contributed by atoms with Gasteiger partial charge in [0.05, 0.1) is 18.5 Å². The van der Waals surface area contributed by atoms with Crippen LogP contribution in [0.3, 0.4) is 0 Å². The number of nitrogen functional groups attached to an aromatic ring is 1. The molecule has 1 aliphatic heterocycles. The van der Waals surface area contributed by atoms with Gasteiger partial charge in [-0.15, -0.1) is 0 Å². The third kappa shape index (κ3) is 3.40. The first-order valence-electron chi connectivity index (χ1n) is 7.32. The predicted octanol–water partition coefficient (Wildman–Crippen LogP) is 3.25. The van der Waals surface area contributed by atoms with E-state index in [1.807, 2.05) is 0 Å². The van der Waals surface area contributed by atoms with Crippen LogP contribution in [-0.4, -0.2) is 31.5 Å². The topological polar surface area (TPSA) is 58.7 Å². The summed E-state index contributed by atoms with van der Waals surface area (Å²) >= 11 is 0. The van der Waals surface area contributed by atoms with Crippen molar-refractivity contribution in [2.75, 3.05) is 30.8 Å². The van der Waals surface area contributed by atoms with Crippen molar-refractivity contribution < 1.29 is 23.0 Å². The van der Waals surface area contributed by atoms with Crippen LogP contribution >= 0.6 is 0 Å². The number of rotatable bonds is 3. The highest BCUT2D eigenvalue weighted by atomic mass is 19.4. The Kier molecular flexibility index (Phi) is 5.05. The Bertz CT molecular complexity index is 512. The van der Waals surface area contributed by atoms with Crippen LogP contribution in [-0.2, 0) is 0 Å². The Balaban J connectivity index is 2.39. The van der Waals surface area contributed by atoms with Crippen LogP contribution in [0.15, 0.2) is 12.1 Å². The van der Waals surface area contributed by atoms with E-state index >= 15 is 0 Å². The maximum absolute atomic E-state index is 12.7. The van der Waals surface area contributed by atoms with Gasteiger partial charge in [0, 0.05) is 18.7 Å². The van der Waals surface area contributed by atoms with Gasteiger partial charge in [0.2, 0.25) is 0 Å². The van der Waals surface area contributed by atoms with Gasteiger partial charge in [0.25, 0.3) is 0 Å². The SMILES string of the molecule is COc1c(N2CCCCCC2)ccc(C(O)C(F)(F)F)c1N. The lowest BCUT2D eigenvalue weighted by Crippen LogP contribution is -2.26. The second-order valence-electron chi connectivity index (χ2n) is 5.47. The lowest BCUT2D eigenvalue weighted by atomic mass is 10.0. The lowest BCUT2D eigenvalue weighted by molar-refractivity contribution is -0.206. The van der Waals surface area contributed by atoms with E-state index in [1.54, 1.807) is 6.07 Å². The first-order chi connectivity index (χ1) is 10.4. The number of hydrogen-bond donors (Lipinski definition) is 2. The fourth-order valence-corrected chi connectivity index (χ4v) is 2.79. The van der Waals surface area contributed by atoms with Crippen LogP contribution in [0.5, 0.6) is 5.75 Å². The number of hydrogen-bond acceptors (Lipinski definition) is 4. The Labute approximate surface area is 127 Å². The van der Waals surface area contributed by atoms with Gasteiger partial charge in [-0.25, -0.2) is 0 Å². The molecule has 4 nitrogen and oxygen atoms in total. The van der Waals surface area contributed by atoms with Gasteiger partial charge in [-0.05, 0) is 18.9 Å². The summed E-state index contributed by atoms with van der Waals surface area (Å²) in [7, 11) is 1.37. The van der Waals surface area contributed by atoms with Crippen molar-refractivity contribution >= 4 is 11.4 Å². The van der Waals surface area contributed by atoms with Crippen LogP contribution < -0.4 is 15.4 Å². The maximum atomic E-state index is 12.7. The average molecular weight is 318 g/mol. The molecule has 1 fully saturated rings. The molecule has 0 aromatic heterocycles. The average Bonchev–Trinajstić information content (AvgIpc) is 2.74. The molecule has 22 heavy (non-hydrogen) atoms. The second-order valence-corrected chi connectivity index (χ2v) is 5.47. The fourth-order valence-electron chi connectivity index (χ4n) is 2.79. The molecule has 1 heterocycles. The summed E-state index contributed by atoms with van der Waals surface area (Å²) in [5.41, 5.74) is 5.98. The third-order valence-corrected chi connectivity index (χ3v) is 3.96. The molecule has 1 saturated heterocycles. The Morgan fingerprint density at radius 3 is 2.27 bits per heavy atom. The minimum Gasteiger partial charge on any atom is -0.492 e. The van der Waals surface area contributed by atoms with E-state index in [0.29, 0.717) is 5.69 Å². The van der Waals surface area contributed by atoms with Crippen molar-refractivity contribution in [3.05, 3.63) is 17.7 Å². The monoisotopic (exact) mass is 318 g/mol. The van der Waals surface area contributed by atoms with Crippen LogP contribution in [0, 0.1) is 0 Å². The van der Waals surface area contributed by atoms with E-state index in [1.165, 1.54) is 13.2 Å². The van der Waals surface area contributed by atoms with E-state index < -0.39 is 12.3 Å². The van der Waals surface area contributed by atoms with E-state index in [-0.39, 0.29) is 17.0 Å². The lowest BCUT2D eigenvalue weighted by Gasteiger charge is -2.27. The van der Waals surface area contributed by atoms with Crippen molar-refractivity contribution in [2.24, 2.45) is 0 Å². The molecule has 124 valence electrons. The Morgan fingerprint density at radius 2 is 1.77 bits per heavy atom. The number of aliphatic hydroxyl groups excluding tert-OH is 1. The minimum atomic E-state index is -4.76. The molecular weight excluding hydrogens is 297 g/mol. The first-order valence-corrected chi connectivity index (χ1v) is 7.32. The number of anilines is 2. The zero-order chi connectivity index (χ0) is 16.3. The highest BCUT2D eigenvalue weighted by Gasteiger charge is 2.41. The molecule has 2 rings (SSSR count). The molecule has 0 spiro atoms. The zero-order valence-electron chi connectivity index (χ0n) is 12.5. The number of halogens is 3. The molecule has 3 N–H and O–H groups in total. The van der Waals surface area contributed by atoms with Gasteiger partial charge < -0.3 is 20.5 Å². The van der Waals surface area contributed by atoms with E-state index in [9.17, 15) is 18.3 Å². The van der Waals surface area contributed by atoms with Crippen molar-refractivity contribution in [2.45, 2.75) is 38.0 Å². The largest absolute Gasteiger partial charge is 0.492 e. The quantitative estimate of drug-likeness (QED) is 0.840. The van der Waals surface area contributed by atoms with Crippen LogP contribution in [0.25, 0.3) is 0 Å². The summed E-state index contributed by atoms with van der Waals surface area (Å²) in [6.07, 6.45) is -3.05. The molecule has 1 atom stereocenters. The van der Waals surface area contributed by atoms with Crippen molar-refractivity contribution in [1.29, 1.82) is 0 Å². The van der Waals surface area contributed by atoms with Gasteiger partial charge in [0.15, 0.2) is 11.9 Å². The number of nitrogens with zero attached hydrogens (tertiary/aromatic N) is 1. The summed E-state index contributed by atoms with van der Waals surface area (Å²) in [5, 5.41) is 9.43. The van der Waals surface area contributed by atoms with Crippen molar-refractivity contribution in [3.8, 4) is 5.75 Å². The molecule has 7 heteroatoms. The number of nitrogens with two attached hydrogens (primary N) is 1. The van der Waals surface area contributed by atoms with Gasteiger partial charge in [-0.2, -0.15) is 13.2 Å². The van der Waals surface area contributed by atoms with E-state index in [2.05, 4.69) is 4.90 Å². The van der Waals surface area contributed by atoms with Crippen LogP contribution in [0.1, 0.15) is 37.4 Å². The number of aliphatic hydroxyl groups is 1. The van der Waals surface area contributed by atoms with Gasteiger partial charge >= 0.3 is 6.18 Å². The molecule has 0 amide bonds. The Hall–Kier alpha value is -1.63. The second kappa shape index (κ2) is 6.64. The smallest absolute Gasteiger partial charge is 0.418 e. The molecule has 1 unspecified atom stereocenters. The number of benzene rings is 1. The molecule has 0 bridgehead atoms. The summed E-state index contributed by atoms with van der Waals surface area (Å²) in [6, 6.07) is 2.78. The highest BCUT2D eigenvalue weighted by molar-refractivity contribution is 5.74.